The normalized spacial score (nSPS) is 10.4. The second-order valence-electron chi connectivity index (χ2n) is 4.18. The summed E-state index contributed by atoms with van der Waals surface area (Å²) in [5.74, 6) is 0.284. The fourth-order valence-corrected chi connectivity index (χ4v) is 1.52. The van der Waals surface area contributed by atoms with Gasteiger partial charge in [-0.05, 0) is 32.6 Å². The lowest BCUT2D eigenvalue weighted by Gasteiger charge is -2.16. The highest BCUT2D eigenvalue weighted by Crippen LogP contribution is 2.02. The van der Waals surface area contributed by atoms with Crippen molar-refractivity contribution in [2.24, 2.45) is 0 Å². The van der Waals surface area contributed by atoms with E-state index in [0.717, 1.165) is 51.9 Å². The molecule has 0 aliphatic rings. The third-order valence-electron chi connectivity index (χ3n) is 2.66. The molecule has 0 aromatic heterocycles. The monoisotopic (exact) mass is 229 g/mol. The molecular formula is C13H27NO2. The van der Waals surface area contributed by atoms with E-state index in [1.54, 1.807) is 0 Å². The summed E-state index contributed by atoms with van der Waals surface area (Å²) in [4.78, 5) is 13.4. The molecule has 0 radical (unpaired) electrons. The Morgan fingerprint density at radius 3 is 2.50 bits per heavy atom. The largest absolute Gasteiger partial charge is 0.382 e. The van der Waals surface area contributed by atoms with Crippen molar-refractivity contribution in [1.29, 1.82) is 0 Å². The molecule has 0 heterocycles. The van der Waals surface area contributed by atoms with Gasteiger partial charge in [-0.3, -0.25) is 4.79 Å². The molecule has 0 aliphatic carbocycles. The van der Waals surface area contributed by atoms with Gasteiger partial charge in [0, 0.05) is 33.2 Å². The van der Waals surface area contributed by atoms with Gasteiger partial charge in [-0.2, -0.15) is 0 Å². The SMILES string of the molecule is CCCCC(=O)N(C)CCCCCOCC. The van der Waals surface area contributed by atoms with Gasteiger partial charge < -0.3 is 9.64 Å². The highest BCUT2D eigenvalue weighted by atomic mass is 16.5. The van der Waals surface area contributed by atoms with E-state index in [0.29, 0.717) is 6.42 Å². The van der Waals surface area contributed by atoms with Crippen LogP contribution in [0, 0.1) is 0 Å². The Labute approximate surface area is 100 Å². The first-order chi connectivity index (χ1) is 7.72. The van der Waals surface area contributed by atoms with Crippen LogP contribution in [0.4, 0.5) is 0 Å². The Bertz CT molecular complexity index is 171. The Morgan fingerprint density at radius 1 is 1.12 bits per heavy atom. The van der Waals surface area contributed by atoms with Gasteiger partial charge in [0.1, 0.15) is 0 Å². The molecule has 0 spiro atoms. The molecule has 0 aromatic rings. The summed E-state index contributed by atoms with van der Waals surface area (Å²) in [5, 5.41) is 0. The number of ether oxygens (including phenoxy) is 1. The van der Waals surface area contributed by atoms with Crippen molar-refractivity contribution in [1.82, 2.24) is 4.90 Å². The Balaban J connectivity index is 3.35. The molecule has 16 heavy (non-hydrogen) atoms. The zero-order valence-electron chi connectivity index (χ0n) is 11.1. The number of carbonyl (C=O) groups is 1. The number of unbranched alkanes of at least 4 members (excludes halogenated alkanes) is 3. The van der Waals surface area contributed by atoms with E-state index >= 15 is 0 Å². The van der Waals surface area contributed by atoms with Gasteiger partial charge >= 0.3 is 0 Å². The third kappa shape index (κ3) is 8.72. The molecule has 0 bridgehead atoms. The molecule has 0 N–H and O–H groups in total. The molecule has 0 atom stereocenters. The minimum absolute atomic E-state index is 0.284. The lowest BCUT2D eigenvalue weighted by Crippen LogP contribution is -2.27. The minimum atomic E-state index is 0.284. The molecule has 0 saturated heterocycles. The average Bonchev–Trinajstić information content (AvgIpc) is 2.30. The number of carbonyl (C=O) groups excluding carboxylic acids is 1. The summed E-state index contributed by atoms with van der Waals surface area (Å²) < 4.78 is 5.26. The lowest BCUT2D eigenvalue weighted by atomic mass is 10.2. The predicted octanol–water partition coefficient (Wildman–Crippen LogP) is 2.84. The number of hydrogen-bond acceptors (Lipinski definition) is 2. The van der Waals surface area contributed by atoms with E-state index in [2.05, 4.69) is 6.92 Å². The fourth-order valence-electron chi connectivity index (χ4n) is 1.52. The maximum absolute atomic E-state index is 11.6. The summed E-state index contributed by atoms with van der Waals surface area (Å²) in [5.41, 5.74) is 0. The van der Waals surface area contributed by atoms with Crippen molar-refractivity contribution in [3.63, 3.8) is 0 Å². The zero-order valence-corrected chi connectivity index (χ0v) is 11.1. The molecule has 3 nitrogen and oxygen atoms in total. The number of amides is 1. The maximum atomic E-state index is 11.6. The van der Waals surface area contributed by atoms with Crippen LogP contribution >= 0.6 is 0 Å². The highest BCUT2D eigenvalue weighted by molar-refractivity contribution is 5.75. The maximum Gasteiger partial charge on any atom is 0.222 e. The lowest BCUT2D eigenvalue weighted by molar-refractivity contribution is -0.130. The van der Waals surface area contributed by atoms with Gasteiger partial charge in [0.15, 0.2) is 0 Å². The van der Waals surface area contributed by atoms with Crippen LogP contribution in [0.3, 0.4) is 0 Å². The number of rotatable bonds is 10. The van der Waals surface area contributed by atoms with Crippen molar-refractivity contribution < 1.29 is 9.53 Å². The van der Waals surface area contributed by atoms with Crippen molar-refractivity contribution in [2.45, 2.75) is 52.4 Å². The minimum Gasteiger partial charge on any atom is -0.382 e. The van der Waals surface area contributed by atoms with Crippen LogP contribution in [0.5, 0.6) is 0 Å². The van der Waals surface area contributed by atoms with Gasteiger partial charge in [0.2, 0.25) is 5.91 Å². The van der Waals surface area contributed by atoms with Gasteiger partial charge in [-0.25, -0.2) is 0 Å². The molecule has 96 valence electrons. The molecule has 0 saturated carbocycles. The van der Waals surface area contributed by atoms with Crippen LogP contribution in [0.1, 0.15) is 52.4 Å². The van der Waals surface area contributed by atoms with Crippen LogP contribution in [-0.4, -0.2) is 37.6 Å². The van der Waals surface area contributed by atoms with Crippen molar-refractivity contribution in [2.75, 3.05) is 26.8 Å². The summed E-state index contributed by atoms with van der Waals surface area (Å²) >= 11 is 0. The van der Waals surface area contributed by atoms with Crippen molar-refractivity contribution in [3.8, 4) is 0 Å². The molecule has 0 rings (SSSR count). The molecular weight excluding hydrogens is 202 g/mol. The molecule has 0 aliphatic heterocycles. The van der Waals surface area contributed by atoms with Gasteiger partial charge in [-0.15, -0.1) is 0 Å². The Hall–Kier alpha value is -0.570. The second kappa shape index (κ2) is 10.9. The molecule has 3 heteroatoms. The van der Waals surface area contributed by atoms with E-state index in [-0.39, 0.29) is 5.91 Å². The summed E-state index contributed by atoms with van der Waals surface area (Å²) in [6, 6.07) is 0. The first-order valence-electron chi connectivity index (χ1n) is 6.54. The smallest absolute Gasteiger partial charge is 0.222 e. The first-order valence-corrected chi connectivity index (χ1v) is 6.54. The quantitative estimate of drug-likeness (QED) is 0.539. The van der Waals surface area contributed by atoms with Crippen LogP contribution in [-0.2, 0) is 9.53 Å². The fraction of sp³-hybridized carbons (Fsp3) is 0.923. The molecule has 0 fully saturated rings. The molecule has 0 aromatic carbocycles. The van der Waals surface area contributed by atoms with Crippen molar-refractivity contribution in [3.05, 3.63) is 0 Å². The van der Waals surface area contributed by atoms with E-state index in [4.69, 9.17) is 4.74 Å². The van der Waals surface area contributed by atoms with Crippen LogP contribution in [0.15, 0.2) is 0 Å². The predicted molar refractivity (Wildman–Crippen MR) is 67.5 cm³/mol. The molecule has 1 amide bonds. The Kier molecular flexibility index (Phi) is 10.5. The van der Waals surface area contributed by atoms with Crippen LogP contribution < -0.4 is 0 Å². The molecule has 0 unspecified atom stereocenters. The van der Waals surface area contributed by atoms with E-state index in [1.165, 1.54) is 0 Å². The van der Waals surface area contributed by atoms with Gasteiger partial charge in [-0.1, -0.05) is 13.3 Å². The number of hydrogen-bond donors (Lipinski definition) is 0. The van der Waals surface area contributed by atoms with Crippen molar-refractivity contribution >= 4 is 5.91 Å². The summed E-state index contributed by atoms with van der Waals surface area (Å²) in [7, 11) is 1.90. The highest BCUT2D eigenvalue weighted by Gasteiger charge is 2.06. The van der Waals surface area contributed by atoms with Gasteiger partial charge in [0.05, 0.1) is 0 Å². The number of nitrogens with zero attached hydrogens (tertiary/aromatic N) is 1. The van der Waals surface area contributed by atoms with Crippen LogP contribution in [0.25, 0.3) is 0 Å². The van der Waals surface area contributed by atoms with E-state index < -0.39 is 0 Å². The van der Waals surface area contributed by atoms with Crippen LogP contribution in [0.2, 0.25) is 0 Å². The first kappa shape index (κ1) is 15.4. The zero-order chi connectivity index (χ0) is 12.2. The second-order valence-corrected chi connectivity index (χ2v) is 4.18. The third-order valence-corrected chi connectivity index (χ3v) is 2.66. The Morgan fingerprint density at radius 2 is 1.88 bits per heavy atom. The van der Waals surface area contributed by atoms with E-state index in [9.17, 15) is 4.79 Å². The topological polar surface area (TPSA) is 29.5 Å². The summed E-state index contributed by atoms with van der Waals surface area (Å²) in [6.07, 6.45) is 6.13. The standard InChI is InChI=1S/C13H27NO2/c1-4-6-10-13(15)14(3)11-8-7-9-12-16-5-2/h4-12H2,1-3H3. The summed E-state index contributed by atoms with van der Waals surface area (Å²) in [6.45, 7) is 6.66. The average molecular weight is 229 g/mol. The van der Waals surface area contributed by atoms with Gasteiger partial charge in [0.25, 0.3) is 0 Å². The van der Waals surface area contributed by atoms with E-state index in [1.807, 2.05) is 18.9 Å².